The highest BCUT2D eigenvalue weighted by atomic mass is 19.2. The lowest BCUT2D eigenvalue weighted by Crippen LogP contribution is -2.23. The lowest BCUT2D eigenvalue weighted by Gasteiger charge is -2.03. The van der Waals surface area contributed by atoms with Crippen LogP contribution in [-0.2, 0) is 13.1 Å². The van der Waals surface area contributed by atoms with Crippen LogP contribution in [0.25, 0.3) is 0 Å². The number of nitrogens with zero attached hydrogens (tertiary/aromatic N) is 1. The minimum Gasteiger partial charge on any atom is -0.447 e. The molecular weight excluding hydrogens is 268 g/mol. The summed E-state index contributed by atoms with van der Waals surface area (Å²) in [6, 6.07) is 3.44. The van der Waals surface area contributed by atoms with Crippen molar-refractivity contribution in [3.8, 4) is 0 Å². The third-order valence-electron chi connectivity index (χ3n) is 2.55. The van der Waals surface area contributed by atoms with Crippen molar-refractivity contribution >= 4 is 5.91 Å². The molecule has 0 aliphatic rings. The molecule has 0 atom stereocenters. The van der Waals surface area contributed by atoms with Gasteiger partial charge in [-0.25, -0.2) is 13.8 Å². The van der Waals surface area contributed by atoms with E-state index in [1.54, 1.807) is 7.05 Å². The van der Waals surface area contributed by atoms with Crippen LogP contribution in [0, 0.1) is 11.6 Å². The van der Waals surface area contributed by atoms with Crippen LogP contribution in [0.15, 0.2) is 28.9 Å². The molecular formula is C13H13F2N3O2. The normalized spacial score (nSPS) is 10.6. The summed E-state index contributed by atoms with van der Waals surface area (Å²) in [5, 5.41) is 5.39. The maximum atomic E-state index is 13.0. The molecule has 5 nitrogen and oxygen atoms in total. The van der Waals surface area contributed by atoms with Gasteiger partial charge in [-0.05, 0) is 24.7 Å². The van der Waals surface area contributed by atoms with Crippen molar-refractivity contribution < 1.29 is 18.0 Å². The Labute approximate surface area is 114 Å². The summed E-state index contributed by atoms with van der Waals surface area (Å²) in [5.41, 5.74) is 0.592. The van der Waals surface area contributed by atoms with Crippen LogP contribution >= 0.6 is 0 Å². The zero-order valence-electron chi connectivity index (χ0n) is 10.7. The quantitative estimate of drug-likeness (QED) is 0.873. The predicted molar refractivity (Wildman–Crippen MR) is 66.8 cm³/mol. The van der Waals surface area contributed by atoms with E-state index in [9.17, 15) is 13.6 Å². The van der Waals surface area contributed by atoms with E-state index in [4.69, 9.17) is 4.42 Å². The number of hydrogen-bond acceptors (Lipinski definition) is 4. The third kappa shape index (κ3) is 3.39. The van der Waals surface area contributed by atoms with Gasteiger partial charge in [-0.1, -0.05) is 6.07 Å². The lowest BCUT2D eigenvalue weighted by molar-refractivity contribution is 0.0946. The highest BCUT2D eigenvalue weighted by Gasteiger charge is 2.12. The van der Waals surface area contributed by atoms with Crippen molar-refractivity contribution in [1.82, 2.24) is 15.6 Å². The number of hydrogen-bond donors (Lipinski definition) is 2. The monoisotopic (exact) mass is 281 g/mol. The highest BCUT2D eigenvalue weighted by Crippen LogP contribution is 2.09. The first-order valence-electron chi connectivity index (χ1n) is 5.91. The Balaban J connectivity index is 1.95. The van der Waals surface area contributed by atoms with E-state index in [1.807, 2.05) is 0 Å². The molecule has 1 amide bonds. The lowest BCUT2D eigenvalue weighted by atomic mass is 10.2. The largest absolute Gasteiger partial charge is 0.447 e. The number of aromatic nitrogens is 1. The average molecular weight is 281 g/mol. The smallest absolute Gasteiger partial charge is 0.273 e. The minimum absolute atomic E-state index is 0.0737. The first-order valence-corrected chi connectivity index (χ1v) is 5.91. The molecule has 0 fully saturated rings. The van der Waals surface area contributed by atoms with Crippen LogP contribution in [0.2, 0.25) is 0 Å². The van der Waals surface area contributed by atoms with E-state index in [0.29, 0.717) is 18.0 Å². The van der Waals surface area contributed by atoms with Gasteiger partial charge in [-0.15, -0.1) is 0 Å². The van der Waals surface area contributed by atoms with E-state index in [0.717, 1.165) is 12.1 Å². The number of halogens is 2. The maximum absolute atomic E-state index is 13.0. The second-order valence-corrected chi connectivity index (χ2v) is 4.09. The van der Waals surface area contributed by atoms with Gasteiger partial charge >= 0.3 is 0 Å². The molecule has 1 heterocycles. The van der Waals surface area contributed by atoms with Crippen molar-refractivity contribution in [2.45, 2.75) is 13.1 Å². The summed E-state index contributed by atoms with van der Waals surface area (Å²) in [6.45, 7) is 0.487. The van der Waals surface area contributed by atoms with Crippen molar-refractivity contribution in [2.24, 2.45) is 0 Å². The van der Waals surface area contributed by atoms with Crippen molar-refractivity contribution in [1.29, 1.82) is 0 Å². The zero-order valence-corrected chi connectivity index (χ0v) is 10.7. The second-order valence-electron chi connectivity index (χ2n) is 4.09. The van der Waals surface area contributed by atoms with E-state index in [2.05, 4.69) is 15.6 Å². The molecule has 7 heteroatoms. The second kappa shape index (κ2) is 6.25. The first kappa shape index (κ1) is 14.1. The molecule has 2 aromatic rings. The van der Waals surface area contributed by atoms with Crippen LogP contribution in [0.5, 0.6) is 0 Å². The predicted octanol–water partition coefficient (Wildman–Crippen LogP) is 1.60. The first-order chi connectivity index (χ1) is 9.60. The number of rotatable bonds is 5. The average Bonchev–Trinajstić information content (AvgIpc) is 2.89. The molecule has 0 saturated carbocycles. The third-order valence-corrected chi connectivity index (χ3v) is 2.55. The molecule has 0 radical (unpaired) electrons. The SMILES string of the molecule is CNCc1nc(C(=O)NCc2ccc(F)c(F)c2)co1. The topological polar surface area (TPSA) is 67.2 Å². The molecule has 0 bridgehead atoms. The molecule has 1 aromatic carbocycles. The van der Waals surface area contributed by atoms with E-state index >= 15 is 0 Å². The van der Waals surface area contributed by atoms with Gasteiger partial charge in [0.2, 0.25) is 5.89 Å². The maximum Gasteiger partial charge on any atom is 0.273 e. The number of carbonyl (C=O) groups excluding carboxylic acids is 1. The summed E-state index contributed by atoms with van der Waals surface area (Å²) in [4.78, 5) is 15.7. The summed E-state index contributed by atoms with van der Waals surface area (Å²) in [6.07, 6.45) is 1.24. The Morgan fingerprint density at radius 3 is 2.80 bits per heavy atom. The fourth-order valence-corrected chi connectivity index (χ4v) is 1.57. The van der Waals surface area contributed by atoms with Gasteiger partial charge < -0.3 is 15.1 Å². The van der Waals surface area contributed by atoms with Crippen molar-refractivity contribution in [3.63, 3.8) is 0 Å². The van der Waals surface area contributed by atoms with Gasteiger partial charge in [0.25, 0.3) is 5.91 Å². The molecule has 0 spiro atoms. The minimum atomic E-state index is -0.950. The zero-order chi connectivity index (χ0) is 14.5. The van der Waals surface area contributed by atoms with Crippen LogP contribution in [0.1, 0.15) is 21.9 Å². The molecule has 20 heavy (non-hydrogen) atoms. The number of benzene rings is 1. The van der Waals surface area contributed by atoms with Crippen LogP contribution in [0.4, 0.5) is 8.78 Å². The Bertz CT molecular complexity index is 613. The van der Waals surface area contributed by atoms with E-state index < -0.39 is 17.5 Å². The van der Waals surface area contributed by atoms with Crippen LogP contribution in [0.3, 0.4) is 0 Å². The van der Waals surface area contributed by atoms with Crippen LogP contribution in [-0.4, -0.2) is 17.9 Å². The van der Waals surface area contributed by atoms with E-state index in [-0.39, 0.29) is 12.2 Å². The number of carbonyl (C=O) groups is 1. The Morgan fingerprint density at radius 2 is 2.10 bits per heavy atom. The summed E-state index contributed by atoms with van der Waals surface area (Å²) >= 11 is 0. The fraction of sp³-hybridized carbons (Fsp3) is 0.231. The van der Waals surface area contributed by atoms with Gasteiger partial charge in [0.15, 0.2) is 17.3 Å². The molecule has 106 valence electrons. The molecule has 0 saturated heterocycles. The van der Waals surface area contributed by atoms with Gasteiger partial charge in [-0.2, -0.15) is 0 Å². The Morgan fingerprint density at radius 1 is 1.30 bits per heavy atom. The highest BCUT2D eigenvalue weighted by molar-refractivity contribution is 5.91. The molecule has 2 rings (SSSR count). The Hall–Kier alpha value is -2.28. The Kier molecular flexibility index (Phi) is 4.41. The molecule has 0 aliphatic heterocycles. The van der Waals surface area contributed by atoms with Gasteiger partial charge in [-0.3, -0.25) is 4.79 Å². The van der Waals surface area contributed by atoms with Gasteiger partial charge in [0.05, 0.1) is 6.54 Å². The summed E-state index contributed by atoms with van der Waals surface area (Å²) in [7, 11) is 1.73. The molecule has 1 aromatic heterocycles. The summed E-state index contributed by atoms with van der Waals surface area (Å²) < 4.78 is 30.8. The summed E-state index contributed by atoms with van der Waals surface area (Å²) in [5.74, 6) is -1.92. The standard InChI is InChI=1S/C13H13F2N3O2/c1-16-6-12-18-11(7-20-12)13(19)17-5-8-2-3-9(14)10(15)4-8/h2-4,7,16H,5-6H2,1H3,(H,17,19). The molecule has 0 unspecified atom stereocenters. The fourth-order valence-electron chi connectivity index (χ4n) is 1.57. The van der Waals surface area contributed by atoms with Crippen molar-refractivity contribution in [3.05, 3.63) is 53.2 Å². The molecule has 2 N–H and O–H groups in total. The van der Waals surface area contributed by atoms with Gasteiger partial charge in [0, 0.05) is 6.54 Å². The van der Waals surface area contributed by atoms with E-state index in [1.165, 1.54) is 12.3 Å². The number of oxazole rings is 1. The number of amides is 1. The number of nitrogens with one attached hydrogen (secondary N) is 2. The van der Waals surface area contributed by atoms with Gasteiger partial charge in [0.1, 0.15) is 6.26 Å². The van der Waals surface area contributed by atoms with Crippen LogP contribution < -0.4 is 10.6 Å². The molecule has 0 aliphatic carbocycles. The van der Waals surface area contributed by atoms with Crippen molar-refractivity contribution in [2.75, 3.05) is 7.05 Å².